The molecule has 1 N–H and O–H groups in total. The highest BCUT2D eigenvalue weighted by Crippen LogP contribution is 2.25. The van der Waals surface area contributed by atoms with Crippen molar-refractivity contribution in [1.29, 1.82) is 0 Å². The Balaban J connectivity index is 2.28. The van der Waals surface area contributed by atoms with E-state index in [4.69, 9.17) is 4.74 Å². The molecule has 0 spiro atoms. The molecular formula is C13H12BrFN2O. The fourth-order valence-electron chi connectivity index (χ4n) is 1.52. The smallest absolute Gasteiger partial charge is 0.223 e. The topological polar surface area (TPSA) is 34.2 Å². The van der Waals surface area contributed by atoms with E-state index in [1.165, 1.54) is 12.1 Å². The van der Waals surface area contributed by atoms with Crippen LogP contribution in [0.1, 0.15) is 5.56 Å². The molecule has 0 aliphatic rings. The number of nitrogens with zero attached hydrogens (tertiary/aromatic N) is 1. The van der Waals surface area contributed by atoms with Crippen molar-refractivity contribution in [2.75, 3.05) is 7.05 Å². The largest absolute Gasteiger partial charge is 0.439 e. The number of halogens is 2. The van der Waals surface area contributed by atoms with Gasteiger partial charge in [-0.05, 0) is 41.2 Å². The average molecular weight is 311 g/mol. The van der Waals surface area contributed by atoms with Gasteiger partial charge in [0.05, 0.1) is 0 Å². The predicted octanol–water partition coefficient (Wildman–Crippen LogP) is 3.49. The molecule has 18 heavy (non-hydrogen) atoms. The summed E-state index contributed by atoms with van der Waals surface area (Å²) in [5.41, 5.74) is 0.899. The third-order valence-electron chi connectivity index (χ3n) is 2.27. The van der Waals surface area contributed by atoms with E-state index in [1.807, 2.05) is 13.1 Å². The lowest BCUT2D eigenvalue weighted by molar-refractivity contribution is 0.449. The van der Waals surface area contributed by atoms with Crippen LogP contribution in [0.3, 0.4) is 0 Å². The van der Waals surface area contributed by atoms with Crippen LogP contribution in [0.5, 0.6) is 11.6 Å². The molecule has 1 aromatic heterocycles. The maximum atomic E-state index is 13.1. The van der Waals surface area contributed by atoms with Crippen molar-refractivity contribution in [3.05, 3.63) is 52.4 Å². The molecule has 0 radical (unpaired) electrons. The van der Waals surface area contributed by atoms with Crippen LogP contribution in [0.4, 0.5) is 4.39 Å². The number of hydrogen-bond donors (Lipinski definition) is 1. The third kappa shape index (κ3) is 3.27. The lowest BCUT2D eigenvalue weighted by Gasteiger charge is -2.10. The molecule has 0 saturated heterocycles. The fraction of sp³-hybridized carbons (Fsp3) is 0.154. The molecule has 2 rings (SSSR count). The van der Waals surface area contributed by atoms with E-state index in [0.29, 0.717) is 18.2 Å². The minimum absolute atomic E-state index is 0.334. The molecule has 0 aliphatic heterocycles. The lowest BCUT2D eigenvalue weighted by Crippen LogP contribution is -2.07. The van der Waals surface area contributed by atoms with Gasteiger partial charge in [-0.15, -0.1) is 0 Å². The summed E-state index contributed by atoms with van der Waals surface area (Å²) in [5, 5.41) is 3.03. The van der Waals surface area contributed by atoms with Gasteiger partial charge in [-0.3, -0.25) is 0 Å². The van der Waals surface area contributed by atoms with Crippen LogP contribution in [0.25, 0.3) is 0 Å². The summed E-state index contributed by atoms with van der Waals surface area (Å²) >= 11 is 3.36. The molecule has 0 atom stereocenters. The number of nitrogens with one attached hydrogen (secondary N) is 1. The van der Waals surface area contributed by atoms with Gasteiger partial charge in [-0.1, -0.05) is 6.07 Å². The highest BCUT2D eigenvalue weighted by molar-refractivity contribution is 9.10. The molecule has 1 aromatic carbocycles. The Morgan fingerprint density at radius 1 is 1.39 bits per heavy atom. The number of hydrogen-bond acceptors (Lipinski definition) is 3. The Hall–Kier alpha value is -1.46. The normalized spacial score (nSPS) is 10.4. The molecule has 0 saturated carbocycles. The molecule has 0 fully saturated rings. The second-order valence-electron chi connectivity index (χ2n) is 3.71. The Morgan fingerprint density at radius 2 is 2.22 bits per heavy atom. The van der Waals surface area contributed by atoms with E-state index in [-0.39, 0.29) is 5.82 Å². The van der Waals surface area contributed by atoms with E-state index in [0.717, 1.165) is 10.0 Å². The monoisotopic (exact) mass is 310 g/mol. The summed E-state index contributed by atoms with van der Waals surface area (Å²) in [5.74, 6) is 0.570. The van der Waals surface area contributed by atoms with Gasteiger partial charge in [-0.2, -0.15) is 0 Å². The Morgan fingerprint density at radius 3 is 2.94 bits per heavy atom. The van der Waals surface area contributed by atoms with Crippen molar-refractivity contribution in [2.24, 2.45) is 0 Å². The van der Waals surface area contributed by atoms with Crippen molar-refractivity contribution in [1.82, 2.24) is 10.3 Å². The molecule has 0 unspecified atom stereocenters. The third-order valence-corrected chi connectivity index (χ3v) is 2.70. The van der Waals surface area contributed by atoms with Gasteiger partial charge < -0.3 is 10.1 Å². The summed E-state index contributed by atoms with van der Waals surface area (Å²) in [7, 11) is 1.84. The first kappa shape index (κ1) is 13.0. The van der Waals surface area contributed by atoms with E-state index in [9.17, 15) is 4.39 Å². The van der Waals surface area contributed by atoms with Crippen LogP contribution in [-0.4, -0.2) is 12.0 Å². The molecule has 3 nitrogen and oxygen atoms in total. The van der Waals surface area contributed by atoms with Crippen LogP contribution in [0.15, 0.2) is 41.0 Å². The molecule has 2 aromatic rings. The van der Waals surface area contributed by atoms with E-state index < -0.39 is 0 Å². The van der Waals surface area contributed by atoms with E-state index >= 15 is 0 Å². The van der Waals surface area contributed by atoms with Gasteiger partial charge in [0, 0.05) is 28.8 Å². The fourth-order valence-corrected chi connectivity index (χ4v) is 1.90. The SMILES string of the molecule is CNCc1cc(Br)cnc1Oc1cccc(F)c1. The van der Waals surface area contributed by atoms with Crippen molar-refractivity contribution in [2.45, 2.75) is 6.54 Å². The van der Waals surface area contributed by atoms with Gasteiger partial charge in [0.1, 0.15) is 11.6 Å². The first-order valence-corrected chi connectivity index (χ1v) is 6.21. The summed E-state index contributed by atoms with van der Waals surface area (Å²) in [6.07, 6.45) is 1.65. The van der Waals surface area contributed by atoms with Crippen molar-refractivity contribution >= 4 is 15.9 Å². The van der Waals surface area contributed by atoms with Gasteiger partial charge in [0.15, 0.2) is 0 Å². The predicted molar refractivity (Wildman–Crippen MR) is 71.2 cm³/mol. The molecule has 0 bridgehead atoms. The summed E-state index contributed by atoms with van der Waals surface area (Å²) in [4.78, 5) is 4.19. The van der Waals surface area contributed by atoms with Gasteiger partial charge in [0.25, 0.3) is 0 Å². The Bertz CT molecular complexity index is 548. The highest BCUT2D eigenvalue weighted by Gasteiger charge is 2.07. The van der Waals surface area contributed by atoms with Gasteiger partial charge >= 0.3 is 0 Å². The number of aromatic nitrogens is 1. The number of benzene rings is 1. The Kier molecular flexibility index (Phi) is 4.28. The zero-order valence-corrected chi connectivity index (χ0v) is 11.4. The second-order valence-corrected chi connectivity index (χ2v) is 4.62. The van der Waals surface area contributed by atoms with Crippen molar-refractivity contribution < 1.29 is 9.13 Å². The summed E-state index contributed by atoms with van der Waals surface area (Å²) in [6.45, 7) is 0.622. The minimum atomic E-state index is -0.334. The zero-order valence-electron chi connectivity index (χ0n) is 9.78. The summed E-state index contributed by atoms with van der Waals surface area (Å²) < 4.78 is 19.5. The lowest BCUT2D eigenvalue weighted by atomic mass is 10.2. The van der Waals surface area contributed by atoms with E-state index in [2.05, 4.69) is 26.2 Å². The highest BCUT2D eigenvalue weighted by atomic mass is 79.9. The van der Waals surface area contributed by atoms with Crippen molar-refractivity contribution in [3.8, 4) is 11.6 Å². The first-order valence-electron chi connectivity index (χ1n) is 5.41. The van der Waals surface area contributed by atoms with Crippen LogP contribution < -0.4 is 10.1 Å². The maximum absolute atomic E-state index is 13.1. The summed E-state index contributed by atoms with van der Waals surface area (Å²) in [6, 6.07) is 7.90. The van der Waals surface area contributed by atoms with Gasteiger partial charge in [-0.25, -0.2) is 9.37 Å². The Labute approximate surface area is 113 Å². The molecule has 1 heterocycles. The van der Waals surface area contributed by atoms with Crippen LogP contribution >= 0.6 is 15.9 Å². The van der Waals surface area contributed by atoms with Crippen LogP contribution in [-0.2, 0) is 6.54 Å². The molecule has 5 heteroatoms. The minimum Gasteiger partial charge on any atom is -0.439 e. The van der Waals surface area contributed by atoms with Crippen LogP contribution in [0.2, 0.25) is 0 Å². The van der Waals surface area contributed by atoms with Crippen LogP contribution in [0, 0.1) is 5.82 Å². The molecular weight excluding hydrogens is 299 g/mol. The standard InChI is InChI=1S/C13H12BrFN2O/c1-16-7-9-5-10(14)8-17-13(9)18-12-4-2-3-11(15)6-12/h2-6,8,16H,7H2,1H3. The quantitative estimate of drug-likeness (QED) is 0.938. The number of rotatable bonds is 4. The molecule has 0 aliphatic carbocycles. The van der Waals surface area contributed by atoms with Gasteiger partial charge in [0.2, 0.25) is 5.88 Å². The molecule has 0 amide bonds. The average Bonchev–Trinajstić information content (AvgIpc) is 2.33. The number of pyridine rings is 1. The first-order chi connectivity index (χ1) is 8.69. The zero-order chi connectivity index (χ0) is 13.0. The van der Waals surface area contributed by atoms with Crippen molar-refractivity contribution in [3.63, 3.8) is 0 Å². The van der Waals surface area contributed by atoms with E-state index in [1.54, 1.807) is 18.3 Å². The maximum Gasteiger partial charge on any atom is 0.223 e. The molecule has 94 valence electrons. The second kappa shape index (κ2) is 5.93. The number of ether oxygens (including phenoxy) is 1.